The zero-order chi connectivity index (χ0) is 13.8. The van der Waals surface area contributed by atoms with Crippen LogP contribution < -0.4 is 16.2 Å². The number of benzene rings is 1. The molecule has 0 aliphatic carbocycles. The highest BCUT2D eigenvalue weighted by Crippen LogP contribution is 2.34. The van der Waals surface area contributed by atoms with Crippen LogP contribution in [-0.4, -0.2) is 13.7 Å². The normalized spacial score (nSPS) is 12.7. The Bertz CT molecular complexity index is 399. The van der Waals surface area contributed by atoms with E-state index in [1.165, 1.54) is 13.2 Å². The summed E-state index contributed by atoms with van der Waals surface area (Å²) in [6, 6.07) is 3.07. The smallest absolute Gasteiger partial charge is 0.416 e. The van der Waals surface area contributed by atoms with Gasteiger partial charge in [0.15, 0.2) is 0 Å². The predicted octanol–water partition coefficient (Wildman–Crippen LogP) is 2.87. The number of alkyl halides is 3. The molecule has 0 fully saturated rings. The molecule has 0 aliphatic heterocycles. The lowest BCUT2D eigenvalue weighted by molar-refractivity contribution is -0.137. The molecular formula is C12H18ClF3N2O. The van der Waals surface area contributed by atoms with Gasteiger partial charge in [-0.1, -0.05) is 0 Å². The fourth-order valence-electron chi connectivity index (χ4n) is 1.62. The molecule has 1 aromatic rings. The molecule has 1 rings (SSSR count). The molecular weight excluding hydrogens is 281 g/mol. The first-order valence-corrected chi connectivity index (χ1v) is 5.60. The maximum Gasteiger partial charge on any atom is 0.416 e. The van der Waals surface area contributed by atoms with E-state index in [0.717, 1.165) is 12.1 Å². The van der Waals surface area contributed by atoms with Crippen LogP contribution in [0.25, 0.3) is 0 Å². The summed E-state index contributed by atoms with van der Waals surface area (Å²) in [5.74, 6) is 0.156. The molecule has 0 aromatic heterocycles. The van der Waals surface area contributed by atoms with E-state index in [4.69, 9.17) is 16.2 Å². The third-order valence-electron chi connectivity index (χ3n) is 2.64. The largest absolute Gasteiger partial charge is 0.497 e. The van der Waals surface area contributed by atoms with Crippen molar-refractivity contribution in [1.82, 2.24) is 0 Å². The summed E-state index contributed by atoms with van der Waals surface area (Å²) in [5.41, 5.74) is 10.9. The Morgan fingerprint density at radius 1 is 1.26 bits per heavy atom. The summed E-state index contributed by atoms with van der Waals surface area (Å²) in [4.78, 5) is 0. The van der Waals surface area contributed by atoms with E-state index < -0.39 is 17.8 Å². The SMILES string of the molecule is COc1cc([C@H](N)CCCN)cc(C(F)(F)F)c1.Cl. The van der Waals surface area contributed by atoms with E-state index in [0.29, 0.717) is 24.9 Å². The summed E-state index contributed by atoms with van der Waals surface area (Å²) in [7, 11) is 1.32. The average molecular weight is 299 g/mol. The summed E-state index contributed by atoms with van der Waals surface area (Å²) >= 11 is 0. The standard InChI is InChI=1S/C12H17F3N2O.ClH/c1-18-10-6-8(11(17)3-2-4-16)5-9(7-10)12(13,14)15;/h5-7,11H,2-4,16-17H2,1H3;1H/t11-;/m1./s1. The summed E-state index contributed by atoms with van der Waals surface area (Å²) < 4.78 is 42.9. The second kappa shape index (κ2) is 7.57. The molecule has 1 aromatic carbocycles. The van der Waals surface area contributed by atoms with Crippen molar-refractivity contribution < 1.29 is 17.9 Å². The highest BCUT2D eigenvalue weighted by molar-refractivity contribution is 5.85. The van der Waals surface area contributed by atoms with Gasteiger partial charge in [0.1, 0.15) is 5.75 Å². The summed E-state index contributed by atoms with van der Waals surface area (Å²) in [5, 5.41) is 0. The van der Waals surface area contributed by atoms with Gasteiger partial charge in [-0.25, -0.2) is 0 Å². The minimum atomic E-state index is -4.41. The Labute approximate surface area is 116 Å². The van der Waals surface area contributed by atoms with Gasteiger partial charge in [-0.05, 0) is 43.1 Å². The quantitative estimate of drug-likeness (QED) is 0.878. The Morgan fingerprint density at radius 3 is 2.37 bits per heavy atom. The van der Waals surface area contributed by atoms with Gasteiger partial charge in [0.2, 0.25) is 0 Å². The van der Waals surface area contributed by atoms with Gasteiger partial charge in [-0.15, -0.1) is 12.4 Å². The van der Waals surface area contributed by atoms with Crippen LogP contribution in [0.15, 0.2) is 18.2 Å². The van der Waals surface area contributed by atoms with Crippen molar-refractivity contribution in [2.45, 2.75) is 25.1 Å². The Hall–Kier alpha value is -0.980. The zero-order valence-corrected chi connectivity index (χ0v) is 11.4. The van der Waals surface area contributed by atoms with Crippen molar-refractivity contribution in [3.63, 3.8) is 0 Å². The molecule has 0 heterocycles. The number of hydrogen-bond donors (Lipinski definition) is 2. The third kappa shape index (κ3) is 5.26. The molecule has 0 aliphatic rings. The molecule has 0 amide bonds. The van der Waals surface area contributed by atoms with Crippen molar-refractivity contribution in [2.24, 2.45) is 11.5 Å². The first-order chi connectivity index (χ1) is 8.38. The average Bonchev–Trinajstić information content (AvgIpc) is 2.34. The third-order valence-corrected chi connectivity index (χ3v) is 2.64. The van der Waals surface area contributed by atoms with E-state index in [2.05, 4.69) is 0 Å². The van der Waals surface area contributed by atoms with Crippen LogP contribution in [0, 0.1) is 0 Å². The lowest BCUT2D eigenvalue weighted by Gasteiger charge is -2.16. The minimum Gasteiger partial charge on any atom is -0.497 e. The fraction of sp³-hybridized carbons (Fsp3) is 0.500. The molecule has 0 unspecified atom stereocenters. The van der Waals surface area contributed by atoms with Gasteiger partial charge in [0.25, 0.3) is 0 Å². The highest BCUT2D eigenvalue weighted by Gasteiger charge is 2.31. The number of nitrogens with two attached hydrogens (primary N) is 2. The van der Waals surface area contributed by atoms with Crippen LogP contribution in [0.1, 0.15) is 30.0 Å². The first kappa shape index (κ1) is 18.0. The van der Waals surface area contributed by atoms with Crippen LogP contribution in [0.5, 0.6) is 5.75 Å². The van der Waals surface area contributed by atoms with Gasteiger partial charge in [-0.3, -0.25) is 0 Å². The van der Waals surface area contributed by atoms with Crippen LogP contribution in [0.3, 0.4) is 0 Å². The van der Waals surface area contributed by atoms with Crippen molar-refractivity contribution in [1.29, 1.82) is 0 Å². The number of methoxy groups -OCH3 is 1. The van der Waals surface area contributed by atoms with Gasteiger partial charge in [-0.2, -0.15) is 13.2 Å². The molecule has 1 atom stereocenters. The number of ether oxygens (including phenoxy) is 1. The summed E-state index contributed by atoms with van der Waals surface area (Å²) in [6.07, 6.45) is -3.20. The Balaban J connectivity index is 0.00000324. The lowest BCUT2D eigenvalue weighted by Crippen LogP contribution is -2.14. The molecule has 0 spiro atoms. The molecule has 7 heteroatoms. The molecule has 4 N–H and O–H groups in total. The lowest BCUT2D eigenvalue weighted by atomic mass is 10.00. The molecule has 0 bridgehead atoms. The van der Waals surface area contributed by atoms with Crippen molar-refractivity contribution in [2.75, 3.05) is 13.7 Å². The van der Waals surface area contributed by atoms with E-state index >= 15 is 0 Å². The van der Waals surface area contributed by atoms with E-state index in [1.807, 2.05) is 0 Å². The second-order valence-corrected chi connectivity index (χ2v) is 4.03. The number of rotatable bonds is 5. The van der Waals surface area contributed by atoms with E-state index in [-0.39, 0.29) is 18.2 Å². The monoisotopic (exact) mass is 298 g/mol. The number of halogens is 4. The Kier molecular flexibility index (Phi) is 7.18. The molecule has 110 valence electrons. The van der Waals surface area contributed by atoms with Gasteiger partial charge >= 0.3 is 6.18 Å². The predicted molar refractivity (Wildman–Crippen MR) is 70.5 cm³/mol. The van der Waals surface area contributed by atoms with Gasteiger partial charge < -0.3 is 16.2 Å². The van der Waals surface area contributed by atoms with E-state index in [9.17, 15) is 13.2 Å². The molecule has 0 radical (unpaired) electrons. The van der Waals surface area contributed by atoms with E-state index in [1.54, 1.807) is 0 Å². The first-order valence-electron chi connectivity index (χ1n) is 5.60. The van der Waals surface area contributed by atoms with Crippen molar-refractivity contribution >= 4 is 12.4 Å². The minimum absolute atomic E-state index is 0. The maximum atomic E-state index is 12.7. The topological polar surface area (TPSA) is 61.3 Å². The second-order valence-electron chi connectivity index (χ2n) is 4.03. The molecule has 0 saturated carbocycles. The zero-order valence-electron chi connectivity index (χ0n) is 10.5. The van der Waals surface area contributed by atoms with Gasteiger partial charge in [0, 0.05) is 6.04 Å². The van der Waals surface area contributed by atoms with Crippen molar-refractivity contribution in [3.05, 3.63) is 29.3 Å². The maximum absolute atomic E-state index is 12.7. The summed E-state index contributed by atoms with van der Waals surface area (Å²) in [6.45, 7) is 0.462. The molecule has 0 saturated heterocycles. The van der Waals surface area contributed by atoms with Crippen LogP contribution in [-0.2, 0) is 6.18 Å². The highest BCUT2D eigenvalue weighted by atomic mass is 35.5. The van der Waals surface area contributed by atoms with Crippen molar-refractivity contribution in [3.8, 4) is 5.75 Å². The van der Waals surface area contributed by atoms with Gasteiger partial charge in [0.05, 0.1) is 12.7 Å². The number of hydrogen-bond acceptors (Lipinski definition) is 3. The molecule has 19 heavy (non-hydrogen) atoms. The van der Waals surface area contributed by atoms with Crippen LogP contribution in [0.4, 0.5) is 13.2 Å². The van der Waals surface area contributed by atoms with Crippen LogP contribution >= 0.6 is 12.4 Å². The molecule has 3 nitrogen and oxygen atoms in total. The Morgan fingerprint density at radius 2 is 1.89 bits per heavy atom. The van der Waals surface area contributed by atoms with Crippen LogP contribution in [0.2, 0.25) is 0 Å². The fourth-order valence-corrected chi connectivity index (χ4v) is 1.62.